The highest BCUT2D eigenvalue weighted by molar-refractivity contribution is 6.30. The average molecular weight is 317 g/mol. The standard InChI is InChI=1S/C16H13ClN2O3/c17-13-2-4-14(5-3-13)22-8-7-19-10-12-9-11(16(20)21)1-6-15(12)18-19/h1-6,9-10H,7-8H2,(H,20,21). The minimum atomic E-state index is -0.944. The number of nitrogens with zero attached hydrogens (tertiary/aromatic N) is 2. The Morgan fingerprint density at radius 3 is 2.73 bits per heavy atom. The smallest absolute Gasteiger partial charge is 0.335 e. The highest BCUT2D eigenvalue weighted by Crippen LogP contribution is 2.16. The second-order valence-electron chi connectivity index (χ2n) is 4.77. The van der Waals surface area contributed by atoms with Crippen LogP contribution in [0.25, 0.3) is 10.9 Å². The van der Waals surface area contributed by atoms with E-state index in [0.717, 1.165) is 16.7 Å². The van der Waals surface area contributed by atoms with Gasteiger partial charge in [0.1, 0.15) is 12.4 Å². The van der Waals surface area contributed by atoms with E-state index in [4.69, 9.17) is 21.4 Å². The van der Waals surface area contributed by atoms with E-state index in [1.807, 2.05) is 6.20 Å². The molecule has 0 spiro atoms. The summed E-state index contributed by atoms with van der Waals surface area (Å²) >= 11 is 5.81. The van der Waals surface area contributed by atoms with Gasteiger partial charge in [0.05, 0.1) is 17.6 Å². The maximum absolute atomic E-state index is 10.9. The molecule has 0 radical (unpaired) electrons. The van der Waals surface area contributed by atoms with Gasteiger partial charge < -0.3 is 9.84 Å². The Hall–Kier alpha value is -2.53. The van der Waals surface area contributed by atoms with Gasteiger partial charge in [-0.15, -0.1) is 0 Å². The third-order valence-electron chi connectivity index (χ3n) is 3.20. The van der Waals surface area contributed by atoms with Crippen molar-refractivity contribution < 1.29 is 14.6 Å². The molecule has 3 rings (SSSR count). The molecule has 3 aromatic rings. The fourth-order valence-corrected chi connectivity index (χ4v) is 2.24. The summed E-state index contributed by atoms with van der Waals surface area (Å²) in [6, 6.07) is 12.0. The molecule has 1 N–H and O–H groups in total. The first-order valence-electron chi connectivity index (χ1n) is 6.71. The first kappa shape index (κ1) is 14.4. The van der Waals surface area contributed by atoms with Gasteiger partial charge in [-0.25, -0.2) is 4.79 Å². The van der Waals surface area contributed by atoms with Crippen LogP contribution >= 0.6 is 11.6 Å². The lowest BCUT2D eigenvalue weighted by Gasteiger charge is -2.05. The molecule has 1 aromatic heterocycles. The van der Waals surface area contributed by atoms with E-state index in [0.29, 0.717) is 18.2 Å². The Kier molecular flexibility index (Phi) is 3.98. The number of carbonyl (C=O) groups is 1. The van der Waals surface area contributed by atoms with Gasteiger partial charge in [0, 0.05) is 16.6 Å². The Morgan fingerprint density at radius 2 is 2.00 bits per heavy atom. The Morgan fingerprint density at radius 1 is 1.23 bits per heavy atom. The second kappa shape index (κ2) is 6.07. The maximum Gasteiger partial charge on any atom is 0.335 e. The van der Waals surface area contributed by atoms with Crippen molar-refractivity contribution in [3.05, 3.63) is 59.2 Å². The monoisotopic (exact) mass is 316 g/mol. The van der Waals surface area contributed by atoms with E-state index < -0.39 is 5.97 Å². The molecular weight excluding hydrogens is 304 g/mol. The summed E-state index contributed by atoms with van der Waals surface area (Å²) in [5, 5.41) is 14.8. The summed E-state index contributed by atoms with van der Waals surface area (Å²) in [6.45, 7) is 1.03. The molecular formula is C16H13ClN2O3. The SMILES string of the molecule is O=C(O)c1ccc2nn(CCOc3ccc(Cl)cc3)cc2c1. The van der Waals surface area contributed by atoms with Crippen LogP contribution in [0.5, 0.6) is 5.75 Å². The van der Waals surface area contributed by atoms with Crippen LogP contribution in [-0.4, -0.2) is 27.5 Å². The number of aromatic carboxylic acids is 1. The molecule has 0 atom stereocenters. The van der Waals surface area contributed by atoms with Gasteiger partial charge in [0.15, 0.2) is 0 Å². The molecule has 0 fully saturated rings. The summed E-state index contributed by atoms with van der Waals surface area (Å²) in [5.74, 6) is -0.199. The van der Waals surface area contributed by atoms with Crippen LogP contribution in [0.1, 0.15) is 10.4 Å². The molecule has 22 heavy (non-hydrogen) atoms. The van der Waals surface area contributed by atoms with Gasteiger partial charge in [0.2, 0.25) is 0 Å². The molecule has 0 saturated carbocycles. The maximum atomic E-state index is 10.9. The Bertz CT molecular complexity index is 812. The molecule has 0 aliphatic rings. The normalized spacial score (nSPS) is 10.8. The van der Waals surface area contributed by atoms with E-state index in [2.05, 4.69) is 5.10 Å². The molecule has 0 amide bonds. The third kappa shape index (κ3) is 3.20. The minimum absolute atomic E-state index is 0.254. The van der Waals surface area contributed by atoms with E-state index >= 15 is 0 Å². The average Bonchev–Trinajstić information content (AvgIpc) is 2.91. The number of aromatic nitrogens is 2. The molecule has 0 unspecified atom stereocenters. The van der Waals surface area contributed by atoms with Crippen molar-refractivity contribution in [2.24, 2.45) is 0 Å². The highest BCUT2D eigenvalue weighted by atomic mass is 35.5. The summed E-state index contributed by atoms with van der Waals surface area (Å²) in [4.78, 5) is 10.9. The van der Waals surface area contributed by atoms with Gasteiger partial charge in [-0.2, -0.15) is 5.10 Å². The molecule has 0 bridgehead atoms. The van der Waals surface area contributed by atoms with E-state index in [1.54, 1.807) is 47.1 Å². The first-order valence-corrected chi connectivity index (χ1v) is 7.08. The number of hydrogen-bond acceptors (Lipinski definition) is 3. The minimum Gasteiger partial charge on any atom is -0.492 e. The van der Waals surface area contributed by atoms with Crippen molar-refractivity contribution in [1.29, 1.82) is 0 Å². The van der Waals surface area contributed by atoms with Gasteiger partial charge in [0.25, 0.3) is 0 Å². The number of fused-ring (bicyclic) bond motifs is 1. The zero-order chi connectivity index (χ0) is 15.5. The van der Waals surface area contributed by atoms with Crippen LogP contribution in [0.2, 0.25) is 5.02 Å². The molecule has 0 aliphatic heterocycles. The third-order valence-corrected chi connectivity index (χ3v) is 3.45. The fourth-order valence-electron chi connectivity index (χ4n) is 2.11. The van der Waals surface area contributed by atoms with Crippen molar-refractivity contribution >= 4 is 28.5 Å². The number of rotatable bonds is 5. The number of benzene rings is 2. The number of carboxylic acid groups (broad SMARTS) is 1. The van der Waals surface area contributed by atoms with E-state index in [-0.39, 0.29) is 5.56 Å². The van der Waals surface area contributed by atoms with Crippen LogP contribution < -0.4 is 4.74 Å². The zero-order valence-corrected chi connectivity index (χ0v) is 12.3. The number of carboxylic acids is 1. The topological polar surface area (TPSA) is 64.3 Å². The number of hydrogen-bond donors (Lipinski definition) is 1. The van der Waals surface area contributed by atoms with Crippen molar-refractivity contribution in [1.82, 2.24) is 9.78 Å². The highest BCUT2D eigenvalue weighted by Gasteiger charge is 2.06. The lowest BCUT2D eigenvalue weighted by Crippen LogP contribution is -2.08. The fraction of sp³-hybridized carbons (Fsp3) is 0.125. The zero-order valence-electron chi connectivity index (χ0n) is 11.6. The summed E-state index contributed by atoms with van der Waals surface area (Å²) in [5.41, 5.74) is 1.01. The first-order chi connectivity index (χ1) is 10.6. The molecule has 112 valence electrons. The predicted octanol–water partition coefficient (Wildman–Crippen LogP) is 3.47. The molecule has 5 nitrogen and oxygen atoms in total. The van der Waals surface area contributed by atoms with Gasteiger partial charge in [-0.1, -0.05) is 11.6 Å². The lowest BCUT2D eigenvalue weighted by atomic mass is 10.2. The van der Waals surface area contributed by atoms with Crippen LogP contribution in [0.15, 0.2) is 48.7 Å². The Balaban J connectivity index is 1.66. The van der Waals surface area contributed by atoms with Crippen LogP contribution in [-0.2, 0) is 6.54 Å². The van der Waals surface area contributed by atoms with Crippen LogP contribution in [0.3, 0.4) is 0 Å². The number of ether oxygens (including phenoxy) is 1. The predicted molar refractivity (Wildman–Crippen MR) is 83.6 cm³/mol. The van der Waals surface area contributed by atoms with Crippen LogP contribution in [0.4, 0.5) is 0 Å². The van der Waals surface area contributed by atoms with Gasteiger partial charge in [-0.3, -0.25) is 4.68 Å². The van der Waals surface area contributed by atoms with Gasteiger partial charge in [-0.05, 0) is 42.5 Å². The van der Waals surface area contributed by atoms with Crippen molar-refractivity contribution in [3.63, 3.8) is 0 Å². The largest absolute Gasteiger partial charge is 0.492 e. The van der Waals surface area contributed by atoms with Gasteiger partial charge >= 0.3 is 5.97 Å². The van der Waals surface area contributed by atoms with E-state index in [1.165, 1.54) is 0 Å². The summed E-state index contributed by atoms with van der Waals surface area (Å²) in [6.07, 6.45) is 1.81. The molecule has 0 saturated heterocycles. The van der Waals surface area contributed by atoms with Crippen molar-refractivity contribution in [2.75, 3.05) is 6.61 Å². The van der Waals surface area contributed by atoms with Crippen LogP contribution in [0, 0.1) is 0 Å². The summed E-state index contributed by atoms with van der Waals surface area (Å²) in [7, 11) is 0. The lowest BCUT2D eigenvalue weighted by molar-refractivity contribution is 0.0697. The molecule has 6 heteroatoms. The van der Waals surface area contributed by atoms with E-state index in [9.17, 15) is 4.79 Å². The van der Waals surface area contributed by atoms with Crippen molar-refractivity contribution in [3.8, 4) is 5.75 Å². The number of halogens is 1. The summed E-state index contributed by atoms with van der Waals surface area (Å²) < 4.78 is 7.35. The second-order valence-corrected chi connectivity index (χ2v) is 5.21. The quantitative estimate of drug-likeness (QED) is 0.783. The van der Waals surface area contributed by atoms with Crippen molar-refractivity contribution in [2.45, 2.75) is 6.54 Å². The molecule has 0 aliphatic carbocycles. The Labute approximate surface area is 131 Å². The molecule has 1 heterocycles. The molecule has 2 aromatic carbocycles.